The van der Waals surface area contributed by atoms with Gasteiger partial charge in [-0.25, -0.2) is 5.01 Å². The van der Waals surface area contributed by atoms with Crippen LogP contribution in [-0.2, 0) is 11.2 Å². The van der Waals surface area contributed by atoms with Crippen molar-refractivity contribution in [1.29, 1.82) is 0 Å². The van der Waals surface area contributed by atoms with E-state index >= 15 is 0 Å². The first-order valence-electron chi connectivity index (χ1n) is 7.87. The zero-order valence-electron chi connectivity index (χ0n) is 12.9. The van der Waals surface area contributed by atoms with E-state index in [1.807, 2.05) is 30.3 Å². The standard InChI is InChI=1S/C19H17ClN2O/c1-12(23)22-19(14-6-9-15(20)10-7-14)17-11-8-13-4-2-3-5-16(13)18(17)21-22/h2-7,9-10,17,19H,8,11H2,1H3. The lowest BCUT2D eigenvalue weighted by atomic mass is 9.77. The fourth-order valence-electron chi connectivity index (χ4n) is 3.72. The topological polar surface area (TPSA) is 32.7 Å². The van der Waals surface area contributed by atoms with Crippen LogP contribution in [0.1, 0.15) is 36.1 Å². The van der Waals surface area contributed by atoms with Crippen molar-refractivity contribution in [1.82, 2.24) is 5.01 Å². The normalized spacial score (nSPS) is 22.3. The van der Waals surface area contributed by atoms with Crippen molar-refractivity contribution < 1.29 is 4.79 Å². The van der Waals surface area contributed by atoms with Gasteiger partial charge in [0.2, 0.25) is 5.91 Å². The van der Waals surface area contributed by atoms with E-state index in [1.165, 1.54) is 11.1 Å². The molecular formula is C19H17ClN2O. The van der Waals surface area contributed by atoms with Crippen LogP contribution in [0.4, 0.5) is 0 Å². The van der Waals surface area contributed by atoms with Crippen LogP contribution in [0.5, 0.6) is 0 Å². The molecule has 1 aliphatic carbocycles. The molecule has 0 saturated carbocycles. The van der Waals surface area contributed by atoms with Crippen molar-refractivity contribution in [3.05, 3.63) is 70.2 Å². The molecule has 4 heteroatoms. The molecule has 3 nitrogen and oxygen atoms in total. The van der Waals surface area contributed by atoms with Gasteiger partial charge < -0.3 is 0 Å². The molecule has 23 heavy (non-hydrogen) atoms. The minimum Gasteiger partial charge on any atom is -0.273 e. The van der Waals surface area contributed by atoms with Crippen LogP contribution in [0.25, 0.3) is 0 Å². The Bertz CT molecular complexity index is 797. The van der Waals surface area contributed by atoms with Crippen molar-refractivity contribution in [2.24, 2.45) is 11.0 Å². The minimum atomic E-state index is -0.0341. The first-order chi connectivity index (χ1) is 11.1. The molecule has 0 radical (unpaired) electrons. The highest BCUT2D eigenvalue weighted by Crippen LogP contribution is 2.43. The molecule has 0 aromatic heterocycles. The van der Waals surface area contributed by atoms with Crippen molar-refractivity contribution in [3.63, 3.8) is 0 Å². The van der Waals surface area contributed by atoms with Crippen LogP contribution in [0.15, 0.2) is 53.6 Å². The number of benzene rings is 2. The summed E-state index contributed by atoms with van der Waals surface area (Å²) in [4.78, 5) is 12.1. The lowest BCUT2D eigenvalue weighted by molar-refractivity contribution is -0.131. The predicted octanol–water partition coefficient (Wildman–Crippen LogP) is 4.21. The largest absolute Gasteiger partial charge is 0.273 e. The van der Waals surface area contributed by atoms with E-state index in [1.54, 1.807) is 11.9 Å². The van der Waals surface area contributed by atoms with Gasteiger partial charge >= 0.3 is 0 Å². The molecule has 4 rings (SSSR count). The molecule has 1 amide bonds. The number of hydrogen-bond acceptors (Lipinski definition) is 2. The predicted molar refractivity (Wildman–Crippen MR) is 91.5 cm³/mol. The van der Waals surface area contributed by atoms with Gasteiger partial charge in [0.1, 0.15) is 0 Å². The molecule has 1 aliphatic heterocycles. The fourth-order valence-corrected chi connectivity index (χ4v) is 3.85. The number of rotatable bonds is 1. The van der Waals surface area contributed by atoms with E-state index in [4.69, 9.17) is 16.7 Å². The van der Waals surface area contributed by atoms with Crippen molar-refractivity contribution in [3.8, 4) is 0 Å². The summed E-state index contributed by atoms with van der Waals surface area (Å²) in [6.07, 6.45) is 2.03. The molecule has 2 aromatic carbocycles. The van der Waals surface area contributed by atoms with E-state index < -0.39 is 0 Å². The van der Waals surface area contributed by atoms with Gasteiger partial charge in [0, 0.05) is 23.4 Å². The van der Waals surface area contributed by atoms with Crippen LogP contribution < -0.4 is 0 Å². The Hall–Kier alpha value is -2.13. The average Bonchev–Trinajstić information content (AvgIpc) is 2.96. The SMILES string of the molecule is CC(=O)N1N=C2c3ccccc3CCC2C1c1ccc(Cl)cc1. The number of hydrazone groups is 1. The summed E-state index contributed by atoms with van der Waals surface area (Å²) in [6.45, 7) is 1.58. The third kappa shape index (κ3) is 2.36. The van der Waals surface area contributed by atoms with Gasteiger partial charge in [0.25, 0.3) is 0 Å². The van der Waals surface area contributed by atoms with E-state index in [9.17, 15) is 4.79 Å². The highest BCUT2D eigenvalue weighted by atomic mass is 35.5. The molecule has 2 unspecified atom stereocenters. The van der Waals surface area contributed by atoms with Crippen LogP contribution in [0.3, 0.4) is 0 Å². The second kappa shape index (κ2) is 5.50. The molecule has 2 atom stereocenters. The quantitative estimate of drug-likeness (QED) is 0.773. The van der Waals surface area contributed by atoms with E-state index in [0.29, 0.717) is 5.02 Å². The number of hydrogen-bond donors (Lipinski definition) is 0. The molecule has 1 heterocycles. The number of fused-ring (bicyclic) bond motifs is 3. The molecule has 0 fully saturated rings. The number of nitrogens with zero attached hydrogens (tertiary/aromatic N) is 2. The maximum absolute atomic E-state index is 12.1. The second-order valence-electron chi connectivity index (χ2n) is 6.15. The maximum Gasteiger partial charge on any atom is 0.240 e. The van der Waals surface area contributed by atoms with Gasteiger partial charge in [0.15, 0.2) is 0 Å². The van der Waals surface area contributed by atoms with Gasteiger partial charge in [-0.1, -0.05) is 48.0 Å². The number of amides is 1. The van der Waals surface area contributed by atoms with Crippen LogP contribution >= 0.6 is 11.6 Å². The zero-order valence-corrected chi connectivity index (χ0v) is 13.6. The summed E-state index contributed by atoms with van der Waals surface area (Å²) in [7, 11) is 0. The summed E-state index contributed by atoms with van der Waals surface area (Å²) in [5, 5.41) is 7.05. The Kier molecular flexibility index (Phi) is 3.46. The molecule has 2 aromatic rings. The summed E-state index contributed by atoms with van der Waals surface area (Å²) in [5.74, 6) is 0.222. The minimum absolute atomic E-state index is 0.0238. The molecule has 116 valence electrons. The third-order valence-corrected chi connectivity index (χ3v) is 5.02. The number of carbonyl (C=O) groups is 1. The zero-order chi connectivity index (χ0) is 16.0. The lowest BCUT2D eigenvalue weighted by Crippen LogP contribution is -2.30. The monoisotopic (exact) mass is 324 g/mol. The molecule has 0 bridgehead atoms. The number of halogens is 1. The van der Waals surface area contributed by atoms with E-state index in [-0.39, 0.29) is 17.9 Å². The van der Waals surface area contributed by atoms with Crippen molar-refractivity contribution in [2.75, 3.05) is 0 Å². The highest BCUT2D eigenvalue weighted by molar-refractivity contribution is 6.30. The summed E-state index contributed by atoms with van der Waals surface area (Å²) in [5.41, 5.74) is 4.64. The van der Waals surface area contributed by atoms with Gasteiger partial charge in [-0.15, -0.1) is 0 Å². The summed E-state index contributed by atoms with van der Waals surface area (Å²) >= 11 is 6.01. The molecule has 0 saturated heterocycles. The molecule has 0 N–H and O–H groups in total. The maximum atomic E-state index is 12.1. The Labute approximate surface area is 140 Å². The Morgan fingerprint density at radius 1 is 1.17 bits per heavy atom. The summed E-state index contributed by atoms with van der Waals surface area (Å²) < 4.78 is 0. The van der Waals surface area contributed by atoms with Crippen LogP contribution in [-0.4, -0.2) is 16.6 Å². The first kappa shape index (κ1) is 14.5. The first-order valence-corrected chi connectivity index (χ1v) is 8.25. The average molecular weight is 325 g/mol. The molecular weight excluding hydrogens is 308 g/mol. The Balaban J connectivity index is 1.80. The molecule has 2 aliphatic rings. The van der Waals surface area contributed by atoms with Crippen LogP contribution in [0, 0.1) is 5.92 Å². The van der Waals surface area contributed by atoms with E-state index in [2.05, 4.69) is 18.2 Å². The Morgan fingerprint density at radius 2 is 1.91 bits per heavy atom. The summed E-state index contributed by atoms with van der Waals surface area (Å²) in [6, 6.07) is 16.1. The van der Waals surface area contributed by atoms with Gasteiger partial charge in [-0.2, -0.15) is 5.10 Å². The van der Waals surface area contributed by atoms with Crippen molar-refractivity contribution >= 4 is 23.2 Å². The van der Waals surface area contributed by atoms with Gasteiger partial charge in [-0.3, -0.25) is 4.79 Å². The highest BCUT2D eigenvalue weighted by Gasteiger charge is 2.42. The van der Waals surface area contributed by atoms with Crippen molar-refractivity contribution in [2.45, 2.75) is 25.8 Å². The molecule has 0 spiro atoms. The fraction of sp³-hybridized carbons (Fsp3) is 0.263. The number of aryl methyl sites for hydroxylation is 1. The second-order valence-corrected chi connectivity index (χ2v) is 6.58. The van der Waals surface area contributed by atoms with Gasteiger partial charge in [0.05, 0.1) is 11.8 Å². The van der Waals surface area contributed by atoms with E-state index in [0.717, 1.165) is 24.1 Å². The smallest absolute Gasteiger partial charge is 0.240 e. The van der Waals surface area contributed by atoms with Gasteiger partial charge in [-0.05, 0) is 36.1 Å². The lowest BCUT2D eigenvalue weighted by Gasteiger charge is -2.29. The number of carbonyl (C=O) groups excluding carboxylic acids is 1. The third-order valence-electron chi connectivity index (χ3n) is 4.76. The van der Waals surface area contributed by atoms with Crippen LogP contribution in [0.2, 0.25) is 5.02 Å². The Morgan fingerprint density at radius 3 is 2.65 bits per heavy atom.